The molecule has 25 heavy (non-hydrogen) atoms. The zero-order valence-corrected chi connectivity index (χ0v) is 15.9. The van der Waals surface area contributed by atoms with E-state index in [4.69, 9.17) is 9.47 Å². The average molecular weight is 368 g/mol. The van der Waals surface area contributed by atoms with Gasteiger partial charge in [-0.25, -0.2) is 8.42 Å². The Morgan fingerprint density at radius 2 is 1.56 bits per heavy atom. The molecule has 0 unspecified atom stereocenters. The van der Waals surface area contributed by atoms with Gasteiger partial charge >= 0.3 is 0 Å². The van der Waals surface area contributed by atoms with Crippen molar-refractivity contribution in [3.8, 4) is 11.5 Å². The number of sulfonamides is 1. The van der Waals surface area contributed by atoms with Crippen LogP contribution in [0.3, 0.4) is 0 Å². The van der Waals surface area contributed by atoms with Crippen LogP contribution in [0.15, 0.2) is 23.1 Å². The molecule has 2 aliphatic rings. The zero-order chi connectivity index (χ0) is 17.9. The molecule has 0 bridgehead atoms. The Morgan fingerprint density at radius 3 is 2.16 bits per heavy atom. The Hall–Kier alpha value is -1.31. The van der Waals surface area contributed by atoms with Gasteiger partial charge in [-0.2, -0.15) is 4.31 Å². The molecule has 0 saturated carbocycles. The monoisotopic (exact) mass is 368 g/mol. The van der Waals surface area contributed by atoms with Gasteiger partial charge in [-0.05, 0) is 50.9 Å². The number of benzene rings is 1. The van der Waals surface area contributed by atoms with E-state index in [9.17, 15) is 8.42 Å². The molecule has 0 atom stereocenters. The van der Waals surface area contributed by atoms with Crippen LogP contribution in [0.4, 0.5) is 0 Å². The molecule has 7 heteroatoms. The molecular formula is C18H28N2O4S. The number of nitrogens with zero attached hydrogens (tertiary/aromatic N) is 2. The second kappa shape index (κ2) is 7.93. The first-order chi connectivity index (χ1) is 12.1. The summed E-state index contributed by atoms with van der Waals surface area (Å²) in [6.45, 7) is 3.48. The van der Waals surface area contributed by atoms with Crippen molar-refractivity contribution >= 4 is 10.0 Å². The SMILES string of the molecule is COc1ccc(S(=O)(=O)N2CCC(N3CCCCC3)CC2)cc1OC. The number of hydrogen-bond donors (Lipinski definition) is 0. The van der Waals surface area contributed by atoms with Crippen molar-refractivity contribution in [3.63, 3.8) is 0 Å². The van der Waals surface area contributed by atoms with Crippen LogP contribution < -0.4 is 9.47 Å². The number of likely N-dealkylation sites (tertiary alicyclic amines) is 1. The molecule has 0 radical (unpaired) electrons. The van der Waals surface area contributed by atoms with Gasteiger partial charge < -0.3 is 14.4 Å². The summed E-state index contributed by atoms with van der Waals surface area (Å²) in [5.41, 5.74) is 0. The number of hydrogen-bond acceptors (Lipinski definition) is 5. The molecule has 140 valence electrons. The summed E-state index contributed by atoms with van der Waals surface area (Å²) in [7, 11) is -0.443. The van der Waals surface area contributed by atoms with Gasteiger partial charge in [-0.15, -0.1) is 0 Å². The lowest BCUT2D eigenvalue weighted by atomic mass is 10.0. The Labute approximate surface area is 150 Å². The summed E-state index contributed by atoms with van der Waals surface area (Å²) in [5.74, 6) is 0.969. The number of piperidine rings is 2. The van der Waals surface area contributed by atoms with Crippen LogP contribution in [-0.4, -0.2) is 64.1 Å². The largest absolute Gasteiger partial charge is 0.493 e. The molecular weight excluding hydrogens is 340 g/mol. The van der Waals surface area contributed by atoms with E-state index in [1.54, 1.807) is 22.5 Å². The van der Waals surface area contributed by atoms with Crippen LogP contribution in [0, 0.1) is 0 Å². The fraction of sp³-hybridized carbons (Fsp3) is 0.667. The highest BCUT2D eigenvalue weighted by atomic mass is 32.2. The molecule has 2 fully saturated rings. The maximum absolute atomic E-state index is 13.0. The third kappa shape index (κ3) is 3.93. The molecule has 1 aromatic rings. The van der Waals surface area contributed by atoms with Crippen LogP contribution in [0.1, 0.15) is 32.1 Å². The fourth-order valence-electron chi connectivity index (χ4n) is 3.86. The van der Waals surface area contributed by atoms with E-state index < -0.39 is 10.0 Å². The van der Waals surface area contributed by atoms with Crippen molar-refractivity contribution in [1.29, 1.82) is 0 Å². The first kappa shape index (κ1) is 18.5. The third-order valence-corrected chi connectivity index (χ3v) is 7.22. The molecule has 6 nitrogen and oxygen atoms in total. The van der Waals surface area contributed by atoms with Gasteiger partial charge in [0.15, 0.2) is 11.5 Å². The maximum atomic E-state index is 13.0. The van der Waals surface area contributed by atoms with Crippen molar-refractivity contribution in [2.24, 2.45) is 0 Å². The van der Waals surface area contributed by atoms with Gasteiger partial charge in [-0.1, -0.05) is 6.42 Å². The van der Waals surface area contributed by atoms with E-state index in [0.717, 1.165) is 25.9 Å². The summed E-state index contributed by atoms with van der Waals surface area (Å²) < 4.78 is 37.9. The lowest BCUT2D eigenvalue weighted by molar-refractivity contribution is 0.118. The smallest absolute Gasteiger partial charge is 0.243 e. The van der Waals surface area contributed by atoms with E-state index in [-0.39, 0.29) is 4.90 Å². The van der Waals surface area contributed by atoms with Crippen LogP contribution in [0.25, 0.3) is 0 Å². The van der Waals surface area contributed by atoms with E-state index in [1.165, 1.54) is 33.5 Å². The average Bonchev–Trinajstić information content (AvgIpc) is 2.68. The Balaban J connectivity index is 1.69. The van der Waals surface area contributed by atoms with E-state index in [2.05, 4.69) is 4.90 Å². The minimum Gasteiger partial charge on any atom is -0.493 e. The molecule has 0 aliphatic carbocycles. The van der Waals surface area contributed by atoms with Crippen molar-refractivity contribution in [3.05, 3.63) is 18.2 Å². The molecule has 0 N–H and O–H groups in total. The van der Waals surface area contributed by atoms with Crippen LogP contribution in [0.5, 0.6) is 11.5 Å². The highest BCUT2D eigenvalue weighted by molar-refractivity contribution is 7.89. The predicted octanol–water partition coefficient (Wildman–Crippen LogP) is 2.34. The Kier molecular flexibility index (Phi) is 5.86. The van der Waals surface area contributed by atoms with E-state index >= 15 is 0 Å². The minimum atomic E-state index is -3.49. The second-order valence-electron chi connectivity index (χ2n) is 6.75. The van der Waals surface area contributed by atoms with Crippen molar-refractivity contribution in [1.82, 2.24) is 9.21 Å². The van der Waals surface area contributed by atoms with Gasteiger partial charge in [0.1, 0.15) is 0 Å². The summed E-state index contributed by atoms with van der Waals surface area (Å²) >= 11 is 0. The van der Waals surface area contributed by atoms with Crippen molar-refractivity contribution < 1.29 is 17.9 Å². The number of rotatable bonds is 5. The topological polar surface area (TPSA) is 59.1 Å². The zero-order valence-electron chi connectivity index (χ0n) is 15.1. The Morgan fingerprint density at radius 1 is 0.920 bits per heavy atom. The maximum Gasteiger partial charge on any atom is 0.243 e. The fourth-order valence-corrected chi connectivity index (χ4v) is 5.34. The van der Waals surface area contributed by atoms with Gasteiger partial charge in [0, 0.05) is 25.2 Å². The summed E-state index contributed by atoms with van der Waals surface area (Å²) in [5, 5.41) is 0. The van der Waals surface area contributed by atoms with Gasteiger partial charge in [0.2, 0.25) is 10.0 Å². The molecule has 2 aliphatic heterocycles. The van der Waals surface area contributed by atoms with Gasteiger partial charge in [-0.3, -0.25) is 0 Å². The quantitative estimate of drug-likeness (QED) is 0.798. The van der Waals surface area contributed by atoms with Gasteiger partial charge in [0.05, 0.1) is 19.1 Å². The molecule has 3 rings (SSSR count). The highest BCUT2D eigenvalue weighted by Crippen LogP contribution is 2.32. The van der Waals surface area contributed by atoms with Crippen LogP contribution >= 0.6 is 0 Å². The molecule has 1 aromatic carbocycles. The summed E-state index contributed by atoms with van der Waals surface area (Å²) in [6, 6.07) is 5.31. The lowest BCUT2D eigenvalue weighted by Crippen LogP contribution is -2.48. The standard InChI is InChI=1S/C18H28N2O4S/c1-23-17-7-6-16(14-18(17)24-2)25(21,22)20-12-8-15(9-13-20)19-10-4-3-5-11-19/h6-7,14-15H,3-5,8-13H2,1-2H3. The minimum absolute atomic E-state index is 0.265. The normalized spacial score (nSPS) is 21.2. The van der Waals surface area contributed by atoms with E-state index in [1.807, 2.05) is 0 Å². The predicted molar refractivity (Wildman–Crippen MR) is 96.8 cm³/mol. The lowest BCUT2D eigenvalue weighted by Gasteiger charge is -2.39. The third-order valence-electron chi connectivity index (χ3n) is 5.32. The van der Waals surface area contributed by atoms with E-state index in [0.29, 0.717) is 30.6 Å². The molecule has 2 saturated heterocycles. The number of methoxy groups -OCH3 is 2. The first-order valence-electron chi connectivity index (χ1n) is 9.02. The molecule has 2 heterocycles. The summed E-state index contributed by atoms with van der Waals surface area (Å²) in [4.78, 5) is 2.81. The molecule has 0 spiro atoms. The molecule has 0 aromatic heterocycles. The Bertz CT molecular complexity index is 678. The highest BCUT2D eigenvalue weighted by Gasteiger charge is 2.32. The second-order valence-corrected chi connectivity index (χ2v) is 8.69. The van der Waals surface area contributed by atoms with Crippen molar-refractivity contribution in [2.75, 3.05) is 40.4 Å². The van der Waals surface area contributed by atoms with Gasteiger partial charge in [0.25, 0.3) is 0 Å². The molecule has 0 amide bonds. The van der Waals surface area contributed by atoms with Crippen LogP contribution in [-0.2, 0) is 10.0 Å². The first-order valence-corrected chi connectivity index (χ1v) is 10.5. The number of ether oxygens (including phenoxy) is 2. The van der Waals surface area contributed by atoms with Crippen molar-refractivity contribution in [2.45, 2.75) is 43.0 Å². The van der Waals surface area contributed by atoms with Crippen LogP contribution in [0.2, 0.25) is 0 Å². The summed E-state index contributed by atoms with van der Waals surface area (Å²) in [6.07, 6.45) is 5.68.